The van der Waals surface area contributed by atoms with Gasteiger partial charge in [0, 0.05) is 18.9 Å². The molecule has 0 aromatic heterocycles. The van der Waals surface area contributed by atoms with Crippen molar-refractivity contribution in [1.82, 2.24) is 0 Å². The minimum atomic E-state index is -0.959. The average molecular weight is 625 g/mol. The van der Waals surface area contributed by atoms with E-state index in [9.17, 15) is 9.90 Å². The van der Waals surface area contributed by atoms with Crippen molar-refractivity contribution in [3.8, 4) is 16.9 Å². The SMILES string of the molecule is CCOC(Cc1ccc(OCCOC2c3ccc(-c4ccccc4)cc3C=Cc3cc(C(C)c4ccccc4)ccc32)cc1)C(=O)O. The maximum absolute atomic E-state index is 11.5. The van der Waals surface area contributed by atoms with Crippen molar-refractivity contribution < 1.29 is 24.1 Å². The highest BCUT2D eigenvalue weighted by molar-refractivity contribution is 5.79. The Kier molecular flexibility index (Phi) is 10.3. The minimum Gasteiger partial charge on any atom is -0.491 e. The van der Waals surface area contributed by atoms with Crippen LogP contribution in [0.4, 0.5) is 0 Å². The third kappa shape index (κ3) is 7.71. The monoisotopic (exact) mass is 624 g/mol. The molecule has 0 bridgehead atoms. The summed E-state index contributed by atoms with van der Waals surface area (Å²) in [5, 5.41) is 9.39. The molecule has 0 spiro atoms. The summed E-state index contributed by atoms with van der Waals surface area (Å²) in [4.78, 5) is 11.5. The van der Waals surface area contributed by atoms with E-state index in [1.54, 1.807) is 6.92 Å². The van der Waals surface area contributed by atoms with Crippen LogP contribution in [0.3, 0.4) is 0 Å². The van der Waals surface area contributed by atoms with Gasteiger partial charge in [0.15, 0.2) is 6.10 Å². The van der Waals surface area contributed by atoms with Crippen molar-refractivity contribution in [3.63, 3.8) is 0 Å². The highest BCUT2D eigenvalue weighted by Gasteiger charge is 2.24. The first kappa shape index (κ1) is 32.0. The highest BCUT2D eigenvalue weighted by Crippen LogP contribution is 2.39. The van der Waals surface area contributed by atoms with Crippen LogP contribution in [0.2, 0.25) is 0 Å². The Hall–Kier alpha value is -4.97. The molecule has 47 heavy (non-hydrogen) atoms. The van der Waals surface area contributed by atoms with Crippen molar-refractivity contribution in [2.24, 2.45) is 0 Å². The quantitative estimate of drug-likeness (QED) is 0.132. The highest BCUT2D eigenvalue weighted by atomic mass is 16.5. The van der Waals surface area contributed by atoms with Crippen LogP contribution in [0.15, 0.2) is 121 Å². The number of hydrogen-bond donors (Lipinski definition) is 1. The number of aliphatic carboxylic acids is 1. The number of hydrogen-bond acceptors (Lipinski definition) is 4. The van der Waals surface area contributed by atoms with Gasteiger partial charge in [0.1, 0.15) is 18.5 Å². The molecule has 1 aliphatic carbocycles. The normalized spacial score (nSPS) is 14.8. The van der Waals surface area contributed by atoms with Crippen LogP contribution >= 0.6 is 0 Å². The molecule has 0 fully saturated rings. The molecule has 3 unspecified atom stereocenters. The lowest BCUT2D eigenvalue weighted by atomic mass is 9.88. The standard InChI is InChI=1S/C42H40O5/c1-3-45-40(42(43)44)26-30-14-20-37(21-15-30)46-24-25-47-41-38-22-18-33(29(2)31-10-6-4-7-11-31)27-35(38)16-17-36-28-34(19-23-39(36)41)32-12-8-5-9-13-32/h4-23,27-29,40-41H,3,24-26H2,1-2H3,(H,43,44). The van der Waals surface area contributed by atoms with Crippen molar-refractivity contribution in [2.75, 3.05) is 19.8 Å². The summed E-state index contributed by atoms with van der Waals surface area (Å²) in [6.45, 7) is 5.16. The van der Waals surface area contributed by atoms with Crippen LogP contribution in [-0.2, 0) is 20.7 Å². The van der Waals surface area contributed by atoms with Crippen molar-refractivity contribution in [1.29, 1.82) is 0 Å². The Morgan fingerprint density at radius 3 is 2.06 bits per heavy atom. The minimum absolute atomic E-state index is 0.263. The number of benzene rings is 5. The predicted molar refractivity (Wildman–Crippen MR) is 188 cm³/mol. The first-order valence-corrected chi connectivity index (χ1v) is 16.2. The zero-order valence-electron chi connectivity index (χ0n) is 26.8. The molecule has 0 saturated heterocycles. The van der Waals surface area contributed by atoms with Crippen LogP contribution in [0.1, 0.15) is 64.8 Å². The van der Waals surface area contributed by atoms with E-state index in [-0.39, 0.29) is 12.0 Å². The molecule has 0 amide bonds. The third-order valence-corrected chi connectivity index (χ3v) is 8.74. The summed E-state index contributed by atoms with van der Waals surface area (Å²) in [5.41, 5.74) is 10.3. The second kappa shape index (κ2) is 15.1. The summed E-state index contributed by atoms with van der Waals surface area (Å²) in [6, 6.07) is 41.9. The lowest BCUT2D eigenvalue weighted by Crippen LogP contribution is -2.26. The van der Waals surface area contributed by atoms with E-state index in [1.807, 2.05) is 30.3 Å². The van der Waals surface area contributed by atoms with Gasteiger partial charge in [-0.15, -0.1) is 0 Å². The molecule has 6 rings (SSSR count). The Balaban J connectivity index is 1.21. The fourth-order valence-corrected chi connectivity index (χ4v) is 6.15. The first-order valence-electron chi connectivity index (χ1n) is 16.2. The largest absolute Gasteiger partial charge is 0.491 e. The van der Waals surface area contributed by atoms with E-state index in [0.29, 0.717) is 32.0 Å². The average Bonchev–Trinajstić information content (AvgIpc) is 3.26. The van der Waals surface area contributed by atoms with Gasteiger partial charge < -0.3 is 19.3 Å². The van der Waals surface area contributed by atoms with Gasteiger partial charge in [-0.05, 0) is 75.2 Å². The van der Waals surface area contributed by atoms with Gasteiger partial charge in [-0.3, -0.25) is 0 Å². The Labute approximate surface area is 277 Å². The summed E-state index contributed by atoms with van der Waals surface area (Å²) < 4.78 is 18.0. The zero-order chi connectivity index (χ0) is 32.6. The van der Waals surface area contributed by atoms with E-state index in [1.165, 1.54) is 22.3 Å². The van der Waals surface area contributed by atoms with Gasteiger partial charge in [-0.1, -0.05) is 122 Å². The fourth-order valence-electron chi connectivity index (χ4n) is 6.15. The van der Waals surface area contributed by atoms with Gasteiger partial charge in [-0.2, -0.15) is 0 Å². The van der Waals surface area contributed by atoms with Crippen LogP contribution in [0.5, 0.6) is 5.75 Å². The van der Waals surface area contributed by atoms with Gasteiger partial charge in [0.05, 0.1) is 6.61 Å². The second-order valence-electron chi connectivity index (χ2n) is 11.8. The first-order chi connectivity index (χ1) is 23.0. The molecule has 0 aliphatic heterocycles. The Bertz CT molecular complexity index is 1810. The zero-order valence-corrected chi connectivity index (χ0v) is 26.8. The lowest BCUT2D eigenvalue weighted by molar-refractivity contribution is -0.149. The van der Waals surface area contributed by atoms with Gasteiger partial charge in [0.25, 0.3) is 0 Å². The van der Waals surface area contributed by atoms with Gasteiger partial charge >= 0.3 is 5.97 Å². The van der Waals surface area contributed by atoms with Gasteiger partial charge in [0.2, 0.25) is 0 Å². The molecule has 5 nitrogen and oxygen atoms in total. The van der Waals surface area contributed by atoms with Gasteiger partial charge in [-0.25, -0.2) is 4.79 Å². The summed E-state index contributed by atoms with van der Waals surface area (Å²) in [7, 11) is 0. The fraction of sp³-hybridized carbons (Fsp3) is 0.214. The summed E-state index contributed by atoms with van der Waals surface area (Å²) >= 11 is 0. The smallest absolute Gasteiger partial charge is 0.333 e. The number of rotatable bonds is 13. The molecule has 3 atom stereocenters. The lowest BCUT2D eigenvalue weighted by Gasteiger charge is -2.23. The summed E-state index contributed by atoms with van der Waals surface area (Å²) in [5.74, 6) is 0.00830. The number of ether oxygens (including phenoxy) is 3. The Morgan fingerprint density at radius 2 is 1.38 bits per heavy atom. The third-order valence-electron chi connectivity index (χ3n) is 8.74. The molecular formula is C42H40O5. The molecule has 1 N–H and O–H groups in total. The topological polar surface area (TPSA) is 65.0 Å². The van der Waals surface area contributed by atoms with Crippen molar-refractivity contribution >= 4 is 18.1 Å². The number of carbonyl (C=O) groups is 1. The molecule has 0 heterocycles. The van der Waals surface area contributed by atoms with Crippen LogP contribution in [0, 0.1) is 0 Å². The van der Waals surface area contributed by atoms with Crippen molar-refractivity contribution in [2.45, 2.75) is 38.4 Å². The van der Waals surface area contributed by atoms with Crippen LogP contribution < -0.4 is 4.74 Å². The van der Waals surface area contributed by atoms with E-state index in [0.717, 1.165) is 27.8 Å². The molecule has 5 aromatic carbocycles. The number of carboxylic acids is 1. The molecule has 1 aliphatic rings. The van der Waals surface area contributed by atoms with Crippen LogP contribution in [-0.4, -0.2) is 37.0 Å². The molecule has 238 valence electrons. The molecule has 0 radical (unpaired) electrons. The second-order valence-corrected chi connectivity index (χ2v) is 11.8. The maximum Gasteiger partial charge on any atom is 0.333 e. The van der Waals surface area contributed by atoms with E-state index >= 15 is 0 Å². The summed E-state index contributed by atoms with van der Waals surface area (Å²) in [6.07, 6.45) is 3.60. The van der Waals surface area contributed by atoms with E-state index in [2.05, 4.69) is 110 Å². The maximum atomic E-state index is 11.5. The molecule has 5 aromatic rings. The van der Waals surface area contributed by atoms with E-state index < -0.39 is 12.1 Å². The van der Waals surface area contributed by atoms with Crippen LogP contribution in [0.25, 0.3) is 23.3 Å². The Morgan fingerprint density at radius 1 is 0.723 bits per heavy atom. The van der Waals surface area contributed by atoms with E-state index in [4.69, 9.17) is 14.2 Å². The number of carboxylic acid groups (broad SMARTS) is 1. The predicted octanol–water partition coefficient (Wildman–Crippen LogP) is 9.21. The molecule has 0 saturated carbocycles. The number of fused-ring (bicyclic) bond motifs is 2. The molecule has 5 heteroatoms. The molecular weight excluding hydrogens is 584 g/mol. The van der Waals surface area contributed by atoms with Crippen molar-refractivity contribution in [3.05, 3.63) is 160 Å².